The highest BCUT2D eigenvalue weighted by molar-refractivity contribution is 6.74. The summed E-state index contributed by atoms with van der Waals surface area (Å²) in [7, 11) is -2.02. The summed E-state index contributed by atoms with van der Waals surface area (Å²) in [6.07, 6.45) is 0.299. The molecule has 0 aromatic carbocycles. The van der Waals surface area contributed by atoms with Crippen LogP contribution in [0.2, 0.25) is 18.1 Å². The van der Waals surface area contributed by atoms with Crippen LogP contribution in [0.1, 0.15) is 68.2 Å². The second-order valence-corrected chi connectivity index (χ2v) is 15.6. The van der Waals surface area contributed by atoms with Gasteiger partial charge >= 0.3 is 5.97 Å². The Bertz CT molecular complexity index is 782. The van der Waals surface area contributed by atoms with Gasteiger partial charge in [0.1, 0.15) is 17.4 Å². The Hall–Kier alpha value is -1.37. The van der Waals surface area contributed by atoms with Crippen LogP contribution in [-0.2, 0) is 18.7 Å². The van der Waals surface area contributed by atoms with Gasteiger partial charge in [0.2, 0.25) is 5.79 Å². The van der Waals surface area contributed by atoms with Gasteiger partial charge in [0.25, 0.3) is 0 Å². The van der Waals surface area contributed by atoms with Crippen LogP contribution < -0.4 is 0 Å². The molecule has 0 saturated carbocycles. The van der Waals surface area contributed by atoms with E-state index >= 15 is 0 Å². The zero-order chi connectivity index (χ0) is 23.2. The highest BCUT2D eigenvalue weighted by Crippen LogP contribution is 2.44. The average molecular weight is 437 g/mol. The topological polar surface area (TPSA) is 65.0 Å². The van der Waals surface area contributed by atoms with Gasteiger partial charge in [-0.05, 0) is 68.8 Å². The molecule has 0 fully saturated rings. The lowest BCUT2D eigenvalue weighted by molar-refractivity contribution is -0.208. The molecule has 0 saturated heterocycles. The lowest BCUT2D eigenvalue weighted by atomic mass is 9.76. The van der Waals surface area contributed by atoms with E-state index in [4.69, 9.17) is 13.9 Å². The SMILES string of the molecule is C=C(C)[C@H]1CC(C(O)C2=C(C)OC(C)(C)OC2=O)=C(C)[C@@H](O[Si](C)(C)C(C)(C)C)C1. The molecule has 0 amide bonds. The number of hydrogen-bond donors (Lipinski definition) is 1. The van der Waals surface area contributed by atoms with Crippen molar-refractivity contribution in [2.75, 3.05) is 0 Å². The number of hydrogen-bond acceptors (Lipinski definition) is 5. The van der Waals surface area contributed by atoms with Crippen molar-refractivity contribution in [3.63, 3.8) is 0 Å². The van der Waals surface area contributed by atoms with E-state index in [1.54, 1.807) is 20.8 Å². The van der Waals surface area contributed by atoms with Gasteiger partial charge in [0.15, 0.2) is 8.32 Å². The van der Waals surface area contributed by atoms with Crippen molar-refractivity contribution in [3.8, 4) is 0 Å². The Labute approximate surface area is 183 Å². The quantitative estimate of drug-likeness (QED) is 0.344. The summed E-state index contributed by atoms with van der Waals surface area (Å²) in [5.41, 5.74) is 3.05. The van der Waals surface area contributed by atoms with Crippen LogP contribution >= 0.6 is 0 Å². The fourth-order valence-electron chi connectivity index (χ4n) is 3.87. The van der Waals surface area contributed by atoms with Gasteiger partial charge in [0.05, 0.1) is 6.10 Å². The van der Waals surface area contributed by atoms with Crippen molar-refractivity contribution < 1.29 is 23.8 Å². The third-order valence-electron chi connectivity index (χ3n) is 6.83. The predicted octanol–water partition coefficient (Wildman–Crippen LogP) is 5.62. The number of carbonyl (C=O) groups excluding carboxylic acids is 1. The molecule has 2 rings (SSSR count). The third-order valence-corrected chi connectivity index (χ3v) is 11.3. The molecule has 5 nitrogen and oxygen atoms in total. The molecule has 170 valence electrons. The van der Waals surface area contributed by atoms with E-state index in [2.05, 4.69) is 40.4 Å². The van der Waals surface area contributed by atoms with Crippen LogP contribution in [0.3, 0.4) is 0 Å². The van der Waals surface area contributed by atoms with Crippen molar-refractivity contribution in [1.29, 1.82) is 0 Å². The molecule has 0 bridgehead atoms. The first kappa shape index (κ1) is 24.9. The Kier molecular flexibility index (Phi) is 6.87. The molecule has 1 aliphatic heterocycles. The number of aliphatic hydroxyl groups excluding tert-OH is 1. The fraction of sp³-hybridized carbons (Fsp3) is 0.708. The zero-order valence-corrected chi connectivity index (χ0v) is 21.4. The average Bonchev–Trinajstić information content (AvgIpc) is 2.53. The monoisotopic (exact) mass is 436 g/mol. The number of aliphatic hydroxyl groups is 1. The van der Waals surface area contributed by atoms with Gasteiger partial charge in [-0.3, -0.25) is 0 Å². The molecule has 3 atom stereocenters. The highest BCUT2D eigenvalue weighted by Gasteiger charge is 2.44. The smallest absolute Gasteiger partial charge is 0.343 e. The standard InChI is InChI=1S/C24H40O5Si/c1-14(2)17-12-18(15(3)19(13-17)29-30(10,11)23(5,6)7)21(25)20-16(4)27-24(8,9)28-22(20)26/h17,19,21,25H,1,12-13H2,2-11H3/t17-,19-,21?/m0/s1. The Balaban J connectivity index is 2.47. The van der Waals surface area contributed by atoms with E-state index in [-0.39, 0.29) is 22.6 Å². The van der Waals surface area contributed by atoms with Crippen molar-refractivity contribution in [2.24, 2.45) is 5.92 Å². The van der Waals surface area contributed by atoms with E-state index in [0.29, 0.717) is 12.2 Å². The molecule has 0 radical (unpaired) electrons. The van der Waals surface area contributed by atoms with Crippen LogP contribution in [0.15, 0.2) is 34.6 Å². The van der Waals surface area contributed by atoms with E-state index in [1.165, 1.54) is 0 Å². The first-order valence-electron chi connectivity index (χ1n) is 10.8. The molecule has 1 N–H and O–H groups in total. The van der Waals surface area contributed by atoms with Crippen LogP contribution in [0.25, 0.3) is 0 Å². The van der Waals surface area contributed by atoms with Gasteiger partial charge in [-0.2, -0.15) is 0 Å². The van der Waals surface area contributed by atoms with Gasteiger partial charge in [0, 0.05) is 13.8 Å². The second-order valence-electron chi connectivity index (χ2n) is 10.8. The highest BCUT2D eigenvalue weighted by atomic mass is 28.4. The van der Waals surface area contributed by atoms with Crippen molar-refractivity contribution in [2.45, 2.75) is 104 Å². The zero-order valence-electron chi connectivity index (χ0n) is 20.4. The number of rotatable bonds is 5. The van der Waals surface area contributed by atoms with Gasteiger partial charge in [-0.15, -0.1) is 0 Å². The Morgan fingerprint density at radius 2 is 1.83 bits per heavy atom. The van der Waals surface area contributed by atoms with Crippen LogP contribution in [-0.4, -0.2) is 37.4 Å². The van der Waals surface area contributed by atoms with Gasteiger partial charge in [-0.1, -0.05) is 32.9 Å². The lowest BCUT2D eigenvalue weighted by Gasteiger charge is -2.43. The number of allylic oxidation sites excluding steroid dienone is 2. The molecule has 30 heavy (non-hydrogen) atoms. The molecule has 1 unspecified atom stereocenters. The lowest BCUT2D eigenvalue weighted by Crippen LogP contribution is -2.46. The van der Waals surface area contributed by atoms with E-state index in [9.17, 15) is 9.90 Å². The van der Waals surface area contributed by atoms with Gasteiger partial charge in [-0.25, -0.2) is 4.79 Å². The molecule has 1 aliphatic carbocycles. The Morgan fingerprint density at radius 1 is 1.27 bits per heavy atom. The summed E-state index contributed by atoms with van der Waals surface area (Å²) in [5, 5.41) is 11.4. The third kappa shape index (κ3) is 5.09. The molecule has 0 aromatic rings. The van der Waals surface area contributed by atoms with E-state index in [0.717, 1.165) is 23.1 Å². The number of cyclic esters (lactones) is 1. The van der Waals surface area contributed by atoms with E-state index in [1.807, 2.05) is 13.8 Å². The van der Waals surface area contributed by atoms with Crippen molar-refractivity contribution in [3.05, 3.63) is 34.6 Å². The second kappa shape index (κ2) is 8.28. The summed E-state index contributed by atoms with van der Waals surface area (Å²) in [5.74, 6) is -0.973. The normalized spacial score (nSPS) is 26.3. The maximum absolute atomic E-state index is 12.7. The minimum Gasteiger partial charge on any atom is -0.457 e. The maximum Gasteiger partial charge on any atom is 0.343 e. The molecule has 0 spiro atoms. The number of esters is 1. The van der Waals surface area contributed by atoms with Crippen LogP contribution in [0.5, 0.6) is 0 Å². The molecular weight excluding hydrogens is 396 g/mol. The first-order chi connectivity index (χ1) is 13.5. The van der Waals surface area contributed by atoms with Crippen molar-refractivity contribution >= 4 is 14.3 Å². The summed E-state index contributed by atoms with van der Waals surface area (Å²) < 4.78 is 17.9. The predicted molar refractivity (Wildman–Crippen MR) is 122 cm³/mol. The molecule has 6 heteroatoms. The number of ether oxygens (including phenoxy) is 2. The summed E-state index contributed by atoms with van der Waals surface area (Å²) in [4.78, 5) is 12.7. The van der Waals surface area contributed by atoms with E-state index < -0.39 is 26.2 Å². The summed E-state index contributed by atoms with van der Waals surface area (Å²) in [6.45, 7) is 24.4. The minimum atomic E-state index is -2.02. The van der Waals surface area contributed by atoms with Crippen molar-refractivity contribution in [1.82, 2.24) is 0 Å². The summed E-state index contributed by atoms with van der Waals surface area (Å²) >= 11 is 0. The van der Waals surface area contributed by atoms with Gasteiger partial charge < -0.3 is 19.0 Å². The molecule has 2 aliphatic rings. The van der Waals surface area contributed by atoms with Crippen LogP contribution in [0.4, 0.5) is 0 Å². The molecule has 0 aromatic heterocycles. The molecule has 1 heterocycles. The fourth-order valence-corrected chi connectivity index (χ4v) is 5.21. The summed E-state index contributed by atoms with van der Waals surface area (Å²) in [6, 6.07) is 0. The number of carbonyl (C=O) groups is 1. The first-order valence-corrected chi connectivity index (χ1v) is 13.7. The minimum absolute atomic E-state index is 0.0773. The maximum atomic E-state index is 12.7. The van der Waals surface area contributed by atoms with Crippen LogP contribution in [0, 0.1) is 5.92 Å². The molecular formula is C24H40O5Si. The largest absolute Gasteiger partial charge is 0.457 e. The Morgan fingerprint density at radius 3 is 2.30 bits per heavy atom.